The lowest BCUT2D eigenvalue weighted by Gasteiger charge is -2.03. The topological polar surface area (TPSA) is 29.1 Å². The van der Waals surface area contributed by atoms with E-state index < -0.39 is 0 Å². The van der Waals surface area contributed by atoms with Crippen LogP contribution < -0.4 is 5.32 Å². The van der Waals surface area contributed by atoms with Crippen molar-refractivity contribution in [1.29, 1.82) is 0 Å². The van der Waals surface area contributed by atoms with Crippen LogP contribution in [0.1, 0.15) is 39.0 Å². The third kappa shape index (κ3) is 3.94. The Bertz CT molecular complexity index is 560. The Kier molecular flexibility index (Phi) is 5.36. The number of hydrogen-bond donors (Lipinski definition) is 1. The van der Waals surface area contributed by atoms with Crippen LogP contribution in [0.3, 0.4) is 0 Å². The monoisotopic (exact) mass is 287 g/mol. The molecule has 1 aromatic carbocycles. The minimum atomic E-state index is 0.0610. The normalized spacial score (nSPS) is 10.5. The van der Waals surface area contributed by atoms with Gasteiger partial charge in [0, 0.05) is 11.4 Å². The Morgan fingerprint density at radius 3 is 2.65 bits per heavy atom. The van der Waals surface area contributed by atoms with E-state index in [0.717, 1.165) is 30.7 Å². The second kappa shape index (κ2) is 7.25. The van der Waals surface area contributed by atoms with Crippen LogP contribution in [0.4, 0.5) is 0 Å². The highest BCUT2D eigenvalue weighted by Gasteiger charge is 2.10. The molecule has 0 aliphatic rings. The molecule has 3 heteroatoms. The van der Waals surface area contributed by atoms with E-state index in [4.69, 9.17) is 0 Å². The highest BCUT2D eigenvalue weighted by Crippen LogP contribution is 2.21. The van der Waals surface area contributed by atoms with Gasteiger partial charge in [-0.1, -0.05) is 37.3 Å². The molecule has 0 spiro atoms. The zero-order valence-electron chi connectivity index (χ0n) is 12.1. The maximum Gasteiger partial charge on any atom is 0.261 e. The lowest BCUT2D eigenvalue weighted by atomic mass is 10.1. The Labute approximate surface area is 124 Å². The Balaban J connectivity index is 1.77. The van der Waals surface area contributed by atoms with E-state index in [9.17, 15) is 4.79 Å². The van der Waals surface area contributed by atoms with Crippen molar-refractivity contribution >= 4 is 17.2 Å². The summed E-state index contributed by atoms with van der Waals surface area (Å²) in [6.07, 6.45) is 2.97. The van der Waals surface area contributed by atoms with Crippen molar-refractivity contribution in [3.8, 4) is 0 Å². The first-order valence-electron chi connectivity index (χ1n) is 7.12. The first kappa shape index (κ1) is 14.8. The first-order chi connectivity index (χ1) is 9.70. The van der Waals surface area contributed by atoms with E-state index >= 15 is 0 Å². The van der Waals surface area contributed by atoms with Crippen molar-refractivity contribution in [2.45, 2.75) is 33.1 Å². The highest BCUT2D eigenvalue weighted by molar-refractivity contribution is 7.14. The molecule has 1 aromatic heterocycles. The third-order valence-corrected chi connectivity index (χ3v) is 4.49. The fourth-order valence-corrected chi connectivity index (χ4v) is 3.24. The number of carbonyl (C=O) groups is 1. The molecular weight excluding hydrogens is 266 g/mol. The smallest absolute Gasteiger partial charge is 0.261 e. The van der Waals surface area contributed by atoms with Crippen LogP contribution in [-0.2, 0) is 12.8 Å². The molecule has 0 aliphatic heterocycles. The SMILES string of the molecule is CCc1cc(C(=O)NCCCc2ccccc2)sc1C. The fraction of sp³-hybridized carbons (Fsp3) is 0.353. The van der Waals surface area contributed by atoms with Gasteiger partial charge in [0.15, 0.2) is 0 Å². The summed E-state index contributed by atoms with van der Waals surface area (Å²) in [5.41, 5.74) is 2.60. The van der Waals surface area contributed by atoms with Gasteiger partial charge < -0.3 is 5.32 Å². The molecule has 0 saturated heterocycles. The molecule has 2 rings (SSSR count). The maximum absolute atomic E-state index is 12.0. The molecule has 1 N–H and O–H groups in total. The molecule has 0 fully saturated rings. The van der Waals surface area contributed by atoms with Gasteiger partial charge in [0.2, 0.25) is 0 Å². The molecule has 0 aliphatic carbocycles. The predicted octanol–water partition coefficient (Wildman–Crippen LogP) is 3.98. The van der Waals surface area contributed by atoms with Gasteiger partial charge in [0.25, 0.3) is 5.91 Å². The summed E-state index contributed by atoms with van der Waals surface area (Å²) < 4.78 is 0. The molecule has 0 atom stereocenters. The lowest BCUT2D eigenvalue weighted by Crippen LogP contribution is -2.23. The number of amides is 1. The van der Waals surface area contributed by atoms with Crippen LogP contribution in [-0.4, -0.2) is 12.5 Å². The third-order valence-electron chi connectivity index (χ3n) is 3.40. The average Bonchev–Trinajstić information content (AvgIpc) is 2.86. The molecule has 1 heterocycles. The summed E-state index contributed by atoms with van der Waals surface area (Å²) in [6, 6.07) is 12.4. The summed E-state index contributed by atoms with van der Waals surface area (Å²) in [5.74, 6) is 0.0610. The van der Waals surface area contributed by atoms with Crippen LogP contribution in [0.5, 0.6) is 0 Å². The van der Waals surface area contributed by atoms with Crippen molar-refractivity contribution in [2.24, 2.45) is 0 Å². The van der Waals surface area contributed by atoms with Crippen molar-refractivity contribution in [1.82, 2.24) is 5.32 Å². The van der Waals surface area contributed by atoms with Crippen molar-refractivity contribution in [3.63, 3.8) is 0 Å². The molecule has 20 heavy (non-hydrogen) atoms. The van der Waals surface area contributed by atoms with Gasteiger partial charge in [-0.05, 0) is 43.4 Å². The summed E-state index contributed by atoms with van der Waals surface area (Å²) in [5, 5.41) is 3.01. The van der Waals surface area contributed by atoms with Gasteiger partial charge in [-0.2, -0.15) is 0 Å². The van der Waals surface area contributed by atoms with Gasteiger partial charge in [0.1, 0.15) is 0 Å². The molecule has 0 saturated carbocycles. The van der Waals surface area contributed by atoms with E-state index in [1.807, 2.05) is 12.1 Å². The van der Waals surface area contributed by atoms with Crippen LogP contribution in [0.15, 0.2) is 36.4 Å². The number of nitrogens with one attached hydrogen (secondary N) is 1. The molecule has 0 bridgehead atoms. The Morgan fingerprint density at radius 1 is 1.25 bits per heavy atom. The van der Waals surface area contributed by atoms with Gasteiger partial charge in [-0.3, -0.25) is 4.79 Å². The zero-order valence-corrected chi connectivity index (χ0v) is 12.9. The molecule has 2 aromatic rings. The van der Waals surface area contributed by atoms with Crippen LogP contribution in [0, 0.1) is 6.92 Å². The van der Waals surface area contributed by atoms with E-state index in [0.29, 0.717) is 0 Å². The summed E-state index contributed by atoms with van der Waals surface area (Å²) in [4.78, 5) is 14.1. The lowest BCUT2D eigenvalue weighted by molar-refractivity contribution is 0.0957. The predicted molar refractivity (Wildman–Crippen MR) is 85.5 cm³/mol. The molecule has 106 valence electrons. The number of rotatable bonds is 6. The van der Waals surface area contributed by atoms with Crippen molar-refractivity contribution < 1.29 is 4.79 Å². The standard InChI is InChI=1S/C17H21NOS/c1-3-15-12-16(20-13(15)2)17(19)18-11-7-10-14-8-5-4-6-9-14/h4-6,8-9,12H,3,7,10-11H2,1-2H3,(H,18,19). The Morgan fingerprint density at radius 2 is 2.00 bits per heavy atom. The maximum atomic E-state index is 12.0. The van der Waals surface area contributed by atoms with Gasteiger partial charge >= 0.3 is 0 Å². The summed E-state index contributed by atoms with van der Waals surface area (Å²) in [7, 11) is 0. The molecular formula is C17H21NOS. The van der Waals surface area contributed by atoms with E-state index in [2.05, 4.69) is 43.4 Å². The second-order valence-corrected chi connectivity index (χ2v) is 6.15. The van der Waals surface area contributed by atoms with Crippen molar-refractivity contribution in [3.05, 3.63) is 57.3 Å². The second-order valence-electron chi connectivity index (χ2n) is 4.89. The fourth-order valence-electron chi connectivity index (χ4n) is 2.21. The average molecular weight is 287 g/mol. The quantitative estimate of drug-likeness (QED) is 0.800. The summed E-state index contributed by atoms with van der Waals surface area (Å²) >= 11 is 1.59. The number of aryl methyl sites for hydroxylation is 3. The molecule has 0 unspecified atom stereocenters. The Hall–Kier alpha value is -1.61. The van der Waals surface area contributed by atoms with Gasteiger partial charge in [-0.15, -0.1) is 11.3 Å². The first-order valence-corrected chi connectivity index (χ1v) is 7.93. The van der Waals surface area contributed by atoms with Crippen LogP contribution in [0.2, 0.25) is 0 Å². The highest BCUT2D eigenvalue weighted by atomic mass is 32.1. The molecule has 2 nitrogen and oxygen atoms in total. The minimum absolute atomic E-state index is 0.0610. The van der Waals surface area contributed by atoms with Crippen LogP contribution >= 0.6 is 11.3 Å². The largest absolute Gasteiger partial charge is 0.351 e. The zero-order chi connectivity index (χ0) is 14.4. The van der Waals surface area contributed by atoms with Gasteiger partial charge in [0.05, 0.1) is 4.88 Å². The van der Waals surface area contributed by atoms with Gasteiger partial charge in [-0.25, -0.2) is 0 Å². The molecule has 1 amide bonds. The number of thiophene rings is 1. The van der Waals surface area contributed by atoms with E-state index in [-0.39, 0.29) is 5.91 Å². The minimum Gasteiger partial charge on any atom is -0.351 e. The van der Waals surface area contributed by atoms with E-state index in [1.165, 1.54) is 16.0 Å². The number of benzene rings is 1. The molecule has 0 radical (unpaired) electrons. The summed E-state index contributed by atoms with van der Waals surface area (Å²) in [6.45, 7) is 4.93. The van der Waals surface area contributed by atoms with Crippen LogP contribution in [0.25, 0.3) is 0 Å². The van der Waals surface area contributed by atoms with E-state index in [1.54, 1.807) is 11.3 Å². The van der Waals surface area contributed by atoms with Crippen molar-refractivity contribution in [2.75, 3.05) is 6.54 Å². The number of carbonyl (C=O) groups excluding carboxylic acids is 1. The number of hydrogen-bond acceptors (Lipinski definition) is 2.